The van der Waals surface area contributed by atoms with Crippen LogP contribution in [0.1, 0.15) is 43.5 Å². The van der Waals surface area contributed by atoms with Crippen LogP contribution in [0.15, 0.2) is 42.9 Å². The number of nitrogens with one attached hydrogen (secondary N) is 2. The minimum absolute atomic E-state index is 0.0778. The van der Waals surface area contributed by atoms with Crippen molar-refractivity contribution in [1.82, 2.24) is 20.6 Å². The number of hydrogen-bond acceptors (Lipinski definition) is 7. The lowest BCUT2D eigenvalue weighted by atomic mass is 9.86. The fourth-order valence-corrected chi connectivity index (χ4v) is 3.92. The van der Waals surface area contributed by atoms with E-state index in [1.165, 1.54) is 6.33 Å². The minimum Gasteiger partial charge on any atom is -0.445 e. The number of hydrogen-bond donors (Lipinski definition) is 2. The molecule has 2 atom stereocenters. The Balaban J connectivity index is 1.66. The Morgan fingerprint density at radius 1 is 1.18 bits per heavy atom. The van der Waals surface area contributed by atoms with Crippen LogP contribution < -0.4 is 10.6 Å². The van der Waals surface area contributed by atoms with E-state index in [4.69, 9.17) is 4.74 Å². The molecule has 0 spiro atoms. The molecule has 0 radical (unpaired) electrons. The van der Waals surface area contributed by atoms with E-state index in [2.05, 4.69) is 20.6 Å². The van der Waals surface area contributed by atoms with E-state index in [-0.39, 0.29) is 31.3 Å². The fraction of sp³-hybridized carbons (Fsp3) is 0.440. The van der Waals surface area contributed by atoms with Crippen LogP contribution in [0.2, 0.25) is 0 Å². The number of benzene rings is 1. The number of rotatable bonds is 7. The van der Waals surface area contributed by atoms with Gasteiger partial charge in [-0.1, -0.05) is 44.2 Å². The van der Waals surface area contributed by atoms with Crippen LogP contribution in [-0.2, 0) is 38.6 Å². The molecule has 9 nitrogen and oxygen atoms in total. The number of Topliss-reactive ketones (excluding diaryl/α,β-unsaturated/α-hetero) is 2. The summed E-state index contributed by atoms with van der Waals surface area (Å²) in [5.74, 6) is -2.68. The van der Waals surface area contributed by atoms with Gasteiger partial charge in [0.05, 0.1) is 6.04 Å². The smallest absolute Gasteiger partial charge is 0.408 e. The average molecular weight is 467 g/mol. The molecule has 2 heterocycles. The lowest BCUT2D eigenvalue weighted by molar-refractivity contribution is -0.141. The van der Waals surface area contributed by atoms with Crippen LogP contribution in [0.25, 0.3) is 0 Å². The molecule has 0 fully saturated rings. The van der Waals surface area contributed by atoms with Gasteiger partial charge in [0.2, 0.25) is 5.78 Å². The highest BCUT2D eigenvalue weighted by atomic mass is 16.5. The van der Waals surface area contributed by atoms with E-state index >= 15 is 0 Å². The zero-order chi connectivity index (χ0) is 24.5. The SMILES string of the molecule is CC(C)C(NC(=O)OCc1ccccc1)C(=O)CC1CCc2cncnc2CCNC(=O)C1=O. The molecule has 0 saturated carbocycles. The van der Waals surface area contributed by atoms with Crippen molar-refractivity contribution in [2.45, 2.75) is 52.2 Å². The van der Waals surface area contributed by atoms with E-state index in [0.717, 1.165) is 16.8 Å². The third kappa shape index (κ3) is 6.94. The Morgan fingerprint density at radius 2 is 1.94 bits per heavy atom. The molecule has 2 N–H and O–H groups in total. The zero-order valence-electron chi connectivity index (χ0n) is 19.5. The summed E-state index contributed by atoms with van der Waals surface area (Å²) in [4.78, 5) is 58.9. The van der Waals surface area contributed by atoms with Crippen molar-refractivity contribution < 1.29 is 23.9 Å². The van der Waals surface area contributed by atoms with Crippen molar-refractivity contribution in [2.24, 2.45) is 11.8 Å². The van der Waals surface area contributed by atoms with Gasteiger partial charge >= 0.3 is 6.09 Å². The van der Waals surface area contributed by atoms with Crippen molar-refractivity contribution in [2.75, 3.05) is 6.54 Å². The summed E-state index contributed by atoms with van der Waals surface area (Å²) in [6, 6.07) is 8.37. The summed E-state index contributed by atoms with van der Waals surface area (Å²) >= 11 is 0. The molecule has 9 heteroatoms. The van der Waals surface area contributed by atoms with Crippen LogP contribution in [0.5, 0.6) is 0 Å². The second-order valence-electron chi connectivity index (χ2n) is 8.70. The van der Waals surface area contributed by atoms with Crippen molar-refractivity contribution in [3.05, 3.63) is 59.7 Å². The molecule has 1 aliphatic rings. The van der Waals surface area contributed by atoms with Crippen LogP contribution in [0.4, 0.5) is 4.79 Å². The maximum atomic E-state index is 13.1. The van der Waals surface area contributed by atoms with Gasteiger partial charge in [0, 0.05) is 37.2 Å². The topological polar surface area (TPSA) is 127 Å². The number of fused-ring (bicyclic) bond motifs is 1. The van der Waals surface area contributed by atoms with Gasteiger partial charge in [0.25, 0.3) is 5.91 Å². The summed E-state index contributed by atoms with van der Waals surface area (Å²) in [6.07, 6.45) is 3.58. The first-order valence-electron chi connectivity index (χ1n) is 11.4. The van der Waals surface area contributed by atoms with Crippen molar-refractivity contribution in [3.63, 3.8) is 0 Å². The average Bonchev–Trinajstić information content (AvgIpc) is 2.83. The number of nitrogens with zero attached hydrogens (tertiary/aromatic N) is 2. The Bertz CT molecular complexity index is 1020. The van der Waals surface area contributed by atoms with Crippen molar-refractivity contribution in [1.29, 1.82) is 0 Å². The van der Waals surface area contributed by atoms with Crippen LogP contribution in [-0.4, -0.2) is 46.1 Å². The van der Waals surface area contributed by atoms with E-state index in [1.54, 1.807) is 20.0 Å². The predicted molar refractivity (Wildman–Crippen MR) is 124 cm³/mol. The number of amides is 2. The van der Waals surface area contributed by atoms with Gasteiger partial charge in [-0.25, -0.2) is 14.8 Å². The van der Waals surface area contributed by atoms with Gasteiger partial charge in [0.15, 0.2) is 5.78 Å². The summed E-state index contributed by atoms with van der Waals surface area (Å²) in [7, 11) is 0. The summed E-state index contributed by atoms with van der Waals surface area (Å²) in [5.41, 5.74) is 2.54. The lowest BCUT2D eigenvalue weighted by Gasteiger charge is -2.24. The molecule has 1 aromatic heterocycles. The Kier molecular flexibility index (Phi) is 8.84. The highest BCUT2D eigenvalue weighted by Crippen LogP contribution is 2.20. The maximum absolute atomic E-state index is 13.1. The largest absolute Gasteiger partial charge is 0.445 e. The number of ether oxygens (including phenoxy) is 1. The monoisotopic (exact) mass is 466 g/mol. The third-order valence-electron chi connectivity index (χ3n) is 5.83. The van der Waals surface area contributed by atoms with Crippen LogP contribution >= 0.6 is 0 Å². The first-order valence-corrected chi connectivity index (χ1v) is 11.4. The third-order valence-corrected chi connectivity index (χ3v) is 5.83. The van der Waals surface area contributed by atoms with E-state index < -0.39 is 29.7 Å². The number of aromatic nitrogens is 2. The Hall–Kier alpha value is -3.62. The second kappa shape index (κ2) is 12.0. The summed E-state index contributed by atoms with van der Waals surface area (Å²) in [5, 5.41) is 5.24. The molecular weight excluding hydrogens is 436 g/mol. The summed E-state index contributed by atoms with van der Waals surface area (Å²) in [6.45, 7) is 3.96. The standard InChI is InChI=1S/C25H30N4O5/c1-16(2)22(29-25(33)34-14-17-6-4-3-5-7-17)21(30)12-18-8-9-19-13-26-15-28-20(19)10-11-27-24(32)23(18)31/h3-7,13,15-16,18,22H,8-12,14H2,1-2H3,(H,27,32)(H,29,33). The molecule has 1 aromatic carbocycles. The fourth-order valence-electron chi connectivity index (χ4n) is 3.92. The summed E-state index contributed by atoms with van der Waals surface area (Å²) < 4.78 is 5.25. The molecule has 2 aromatic rings. The first-order chi connectivity index (χ1) is 16.3. The molecule has 0 aliphatic carbocycles. The molecule has 0 saturated heterocycles. The highest BCUT2D eigenvalue weighted by molar-refractivity contribution is 6.37. The van der Waals surface area contributed by atoms with E-state index in [1.807, 2.05) is 30.3 Å². The van der Waals surface area contributed by atoms with Gasteiger partial charge in [-0.2, -0.15) is 0 Å². The van der Waals surface area contributed by atoms with Gasteiger partial charge in [-0.05, 0) is 29.9 Å². The molecule has 2 amide bonds. The van der Waals surface area contributed by atoms with Gasteiger partial charge < -0.3 is 15.4 Å². The number of aryl methyl sites for hydroxylation is 1. The zero-order valence-corrected chi connectivity index (χ0v) is 19.5. The number of carbonyl (C=O) groups excluding carboxylic acids is 4. The van der Waals surface area contributed by atoms with E-state index in [0.29, 0.717) is 19.3 Å². The highest BCUT2D eigenvalue weighted by Gasteiger charge is 2.32. The van der Waals surface area contributed by atoms with Gasteiger partial charge in [-0.15, -0.1) is 0 Å². The van der Waals surface area contributed by atoms with Crippen molar-refractivity contribution >= 4 is 23.6 Å². The normalized spacial score (nSPS) is 17.3. The van der Waals surface area contributed by atoms with Crippen LogP contribution in [0.3, 0.4) is 0 Å². The molecule has 2 unspecified atom stereocenters. The number of alkyl carbamates (subject to hydrolysis) is 1. The number of carbonyl (C=O) groups is 4. The molecule has 0 bridgehead atoms. The van der Waals surface area contributed by atoms with Crippen LogP contribution in [0, 0.1) is 11.8 Å². The Labute approximate surface area is 198 Å². The molecule has 180 valence electrons. The predicted octanol–water partition coefficient (Wildman–Crippen LogP) is 2.18. The lowest BCUT2D eigenvalue weighted by Crippen LogP contribution is -2.46. The number of ketones is 2. The second-order valence-corrected chi connectivity index (χ2v) is 8.70. The van der Waals surface area contributed by atoms with Gasteiger partial charge in [0.1, 0.15) is 12.9 Å². The van der Waals surface area contributed by atoms with Gasteiger partial charge in [-0.3, -0.25) is 14.4 Å². The van der Waals surface area contributed by atoms with E-state index in [9.17, 15) is 19.2 Å². The Morgan fingerprint density at radius 3 is 2.68 bits per heavy atom. The quantitative estimate of drug-likeness (QED) is 0.599. The minimum atomic E-state index is -0.842. The molecule has 3 rings (SSSR count). The molecule has 34 heavy (non-hydrogen) atoms. The van der Waals surface area contributed by atoms with Crippen molar-refractivity contribution in [3.8, 4) is 0 Å². The molecule has 1 aliphatic heterocycles. The first kappa shape index (κ1) is 25.0. The maximum Gasteiger partial charge on any atom is 0.408 e. The molecular formula is C25H30N4O5.